The minimum absolute atomic E-state index is 0.398. The van der Waals surface area contributed by atoms with Gasteiger partial charge in [0.1, 0.15) is 5.82 Å². The lowest BCUT2D eigenvalue weighted by atomic mass is 9.92. The lowest BCUT2D eigenvalue weighted by Gasteiger charge is -2.35. The topological polar surface area (TPSA) is 24.9 Å². The largest absolute Gasteiger partial charge is 0.337 e. The van der Waals surface area contributed by atoms with E-state index in [0.29, 0.717) is 18.7 Å². The van der Waals surface area contributed by atoms with Gasteiger partial charge in [-0.2, -0.15) is 0 Å². The van der Waals surface area contributed by atoms with Crippen LogP contribution in [0.1, 0.15) is 36.1 Å². The minimum Gasteiger partial charge on any atom is -0.337 e. The monoisotopic (exact) mass is 269 g/mol. The predicted octanol–water partition coefficient (Wildman–Crippen LogP) is 4.08. The number of hydrogen-bond donors (Lipinski definition) is 1. The molecule has 1 saturated carbocycles. The van der Waals surface area contributed by atoms with Gasteiger partial charge in [-0.15, -0.1) is 11.6 Å². The van der Waals surface area contributed by atoms with Crippen molar-refractivity contribution in [3.05, 3.63) is 29.3 Å². The van der Waals surface area contributed by atoms with Crippen molar-refractivity contribution in [3.8, 4) is 0 Å². The fraction of sp³-hybridized carbons (Fsp3) is 0.571. The summed E-state index contributed by atoms with van der Waals surface area (Å²) in [5, 5.41) is 2.35. The van der Waals surface area contributed by atoms with Gasteiger partial charge in [-0.05, 0) is 57.2 Å². The summed E-state index contributed by atoms with van der Waals surface area (Å²) in [5.41, 5.74) is 3.18. The van der Waals surface area contributed by atoms with Crippen molar-refractivity contribution in [2.75, 3.05) is 5.32 Å². The normalized spacial score (nSPS) is 28.2. The van der Waals surface area contributed by atoms with Gasteiger partial charge in [-0.25, -0.2) is 9.37 Å². The summed E-state index contributed by atoms with van der Waals surface area (Å²) >= 11 is 6.09. The number of alkyl halides is 2. The molecule has 1 aliphatic rings. The van der Waals surface area contributed by atoms with Gasteiger partial charge in [0.05, 0.1) is 5.38 Å². The number of nitrogens with one attached hydrogen (secondary N) is 1. The van der Waals surface area contributed by atoms with Crippen molar-refractivity contribution < 1.29 is 4.39 Å². The first kappa shape index (κ1) is 13.6. The highest BCUT2D eigenvalue weighted by Gasteiger charge is 2.40. The smallest absolute Gasteiger partial charge is 0.198 e. The maximum atomic E-state index is 14.7. The highest BCUT2D eigenvalue weighted by Crippen LogP contribution is 2.36. The fourth-order valence-corrected chi connectivity index (χ4v) is 2.52. The van der Waals surface area contributed by atoms with E-state index in [0.717, 1.165) is 23.2 Å². The lowest BCUT2D eigenvalue weighted by molar-refractivity contribution is 0.161. The van der Waals surface area contributed by atoms with Gasteiger partial charge in [0.15, 0.2) is 5.79 Å². The third kappa shape index (κ3) is 2.61. The molecule has 0 bridgehead atoms. The Balaban J connectivity index is 2.23. The van der Waals surface area contributed by atoms with E-state index in [-0.39, 0.29) is 0 Å². The number of aromatic nitrogens is 1. The Kier molecular flexibility index (Phi) is 3.81. The van der Waals surface area contributed by atoms with Gasteiger partial charge in [-0.3, -0.25) is 0 Å². The SMILES string of the molecule is Cc1cc(NC2(F)CC[CH]CC2Cl)nc(C)c1C. The highest BCUT2D eigenvalue weighted by atomic mass is 35.5. The summed E-state index contributed by atoms with van der Waals surface area (Å²) in [4.78, 5) is 4.39. The van der Waals surface area contributed by atoms with Gasteiger partial charge < -0.3 is 5.32 Å². The van der Waals surface area contributed by atoms with Crippen molar-refractivity contribution in [2.24, 2.45) is 0 Å². The Hall–Kier alpha value is -0.830. The van der Waals surface area contributed by atoms with E-state index in [1.165, 1.54) is 0 Å². The summed E-state index contributed by atoms with van der Waals surface area (Å²) < 4.78 is 14.7. The molecule has 0 saturated heterocycles. The number of hydrogen-bond acceptors (Lipinski definition) is 2. The Morgan fingerprint density at radius 3 is 2.78 bits per heavy atom. The second kappa shape index (κ2) is 5.04. The van der Waals surface area contributed by atoms with Gasteiger partial charge in [0.25, 0.3) is 0 Å². The second-order valence-corrected chi connectivity index (χ2v) is 5.58. The van der Waals surface area contributed by atoms with Crippen LogP contribution in [0.25, 0.3) is 0 Å². The van der Waals surface area contributed by atoms with E-state index in [4.69, 9.17) is 11.6 Å². The van der Waals surface area contributed by atoms with Crippen molar-refractivity contribution in [3.63, 3.8) is 0 Å². The molecule has 1 aliphatic carbocycles. The van der Waals surface area contributed by atoms with Crippen LogP contribution < -0.4 is 5.32 Å². The van der Waals surface area contributed by atoms with Crippen LogP contribution in [0.15, 0.2) is 6.07 Å². The van der Waals surface area contributed by atoms with Crippen LogP contribution in [0.5, 0.6) is 0 Å². The van der Waals surface area contributed by atoms with E-state index < -0.39 is 11.2 Å². The molecule has 1 fully saturated rings. The number of nitrogens with zero attached hydrogens (tertiary/aromatic N) is 1. The molecule has 4 heteroatoms. The average molecular weight is 270 g/mol. The Bertz CT molecular complexity index is 426. The maximum Gasteiger partial charge on any atom is 0.198 e. The van der Waals surface area contributed by atoms with Crippen LogP contribution in [-0.4, -0.2) is 16.2 Å². The molecule has 1 heterocycles. The van der Waals surface area contributed by atoms with Gasteiger partial charge in [0.2, 0.25) is 0 Å². The van der Waals surface area contributed by atoms with E-state index in [2.05, 4.69) is 10.3 Å². The number of aryl methyl sites for hydroxylation is 2. The van der Waals surface area contributed by atoms with Crippen LogP contribution in [0.2, 0.25) is 0 Å². The molecule has 1 aromatic heterocycles. The highest BCUT2D eigenvalue weighted by molar-refractivity contribution is 6.21. The van der Waals surface area contributed by atoms with Gasteiger partial charge >= 0.3 is 0 Å². The van der Waals surface area contributed by atoms with Crippen molar-refractivity contribution >= 4 is 17.4 Å². The van der Waals surface area contributed by atoms with Gasteiger partial charge in [0, 0.05) is 12.1 Å². The van der Waals surface area contributed by atoms with E-state index in [1.807, 2.05) is 33.3 Å². The zero-order valence-corrected chi connectivity index (χ0v) is 11.8. The molecule has 2 atom stereocenters. The molecular formula is C14H19ClFN2. The molecule has 1 aromatic rings. The number of anilines is 1. The lowest BCUT2D eigenvalue weighted by Crippen LogP contribution is -2.45. The Morgan fingerprint density at radius 1 is 1.44 bits per heavy atom. The predicted molar refractivity (Wildman–Crippen MR) is 73.7 cm³/mol. The van der Waals surface area contributed by atoms with Crippen molar-refractivity contribution in [1.29, 1.82) is 0 Å². The number of halogens is 2. The molecule has 0 aromatic carbocycles. The Labute approximate surface area is 113 Å². The maximum absolute atomic E-state index is 14.7. The first-order chi connectivity index (χ1) is 8.42. The first-order valence-corrected chi connectivity index (χ1v) is 6.74. The Morgan fingerprint density at radius 2 is 2.17 bits per heavy atom. The second-order valence-electron chi connectivity index (χ2n) is 5.05. The fourth-order valence-electron chi connectivity index (χ4n) is 2.23. The van der Waals surface area contributed by atoms with E-state index in [9.17, 15) is 4.39 Å². The third-order valence-corrected chi connectivity index (χ3v) is 4.22. The quantitative estimate of drug-likeness (QED) is 0.646. The molecule has 2 unspecified atom stereocenters. The van der Waals surface area contributed by atoms with Crippen LogP contribution in [0.3, 0.4) is 0 Å². The van der Waals surface area contributed by atoms with Crippen LogP contribution in [-0.2, 0) is 0 Å². The average Bonchev–Trinajstić information content (AvgIpc) is 2.30. The first-order valence-electron chi connectivity index (χ1n) is 6.30. The molecule has 0 aliphatic heterocycles. The molecule has 18 heavy (non-hydrogen) atoms. The summed E-state index contributed by atoms with van der Waals surface area (Å²) in [5.74, 6) is -0.983. The summed E-state index contributed by atoms with van der Waals surface area (Å²) in [6.07, 6.45) is 3.77. The zero-order chi connectivity index (χ0) is 13.3. The van der Waals surface area contributed by atoms with Crippen molar-refractivity contribution in [2.45, 2.75) is 51.2 Å². The van der Waals surface area contributed by atoms with E-state index >= 15 is 0 Å². The summed E-state index contributed by atoms with van der Waals surface area (Å²) in [6, 6.07) is 1.88. The van der Waals surface area contributed by atoms with Crippen LogP contribution >= 0.6 is 11.6 Å². The van der Waals surface area contributed by atoms with Crippen LogP contribution in [0.4, 0.5) is 10.2 Å². The third-order valence-electron chi connectivity index (χ3n) is 3.69. The number of pyridine rings is 1. The number of rotatable bonds is 2. The standard InChI is InChI=1S/C14H19ClFN2/c1-9-8-13(17-11(3)10(9)2)18-14(16)7-5-4-6-12(14)15/h4,8,12H,5-7H2,1-3H3,(H,17,18). The molecule has 0 spiro atoms. The molecule has 2 nitrogen and oxygen atoms in total. The molecule has 1 radical (unpaired) electrons. The molecule has 2 rings (SSSR count). The van der Waals surface area contributed by atoms with Crippen molar-refractivity contribution in [1.82, 2.24) is 4.98 Å². The summed E-state index contributed by atoms with van der Waals surface area (Å²) in [7, 11) is 0. The molecule has 1 N–H and O–H groups in total. The zero-order valence-electron chi connectivity index (χ0n) is 11.1. The molecule has 99 valence electrons. The molecule has 0 amide bonds. The van der Waals surface area contributed by atoms with Crippen LogP contribution in [0, 0.1) is 27.2 Å². The van der Waals surface area contributed by atoms with Gasteiger partial charge in [-0.1, -0.05) is 0 Å². The summed E-state index contributed by atoms with van der Waals surface area (Å²) in [6.45, 7) is 5.96. The van der Waals surface area contributed by atoms with E-state index in [1.54, 1.807) is 0 Å². The molecular weight excluding hydrogens is 251 g/mol. The minimum atomic E-state index is -1.56.